The molecule has 0 saturated carbocycles. The Morgan fingerprint density at radius 2 is 0.750 bits per heavy atom. The Bertz CT molecular complexity index is 1160. The van der Waals surface area contributed by atoms with Gasteiger partial charge in [-0.05, 0) is 70.6 Å². The van der Waals surface area contributed by atoms with Crippen LogP contribution in [0.25, 0.3) is 0 Å². The van der Waals surface area contributed by atoms with E-state index in [0.717, 1.165) is 63.9 Å². The molecule has 0 aliphatic carbocycles. The zero-order valence-electron chi connectivity index (χ0n) is 32.7. The molecule has 288 valence electrons. The van der Waals surface area contributed by atoms with Crippen LogP contribution >= 0.6 is 0 Å². The van der Waals surface area contributed by atoms with E-state index in [2.05, 4.69) is 98.9 Å². The van der Waals surface area contributed by atoms with E-state index in [1.807, 2.05) is 36.5 Å². The van der Waals surface area contributed by atoms with Gasteiger partial charge in [-0.3, -0.25) is 4.79 Å². The standard InChI is InChI=1S/2C24H36O2/c2*1-2-3-4-5-6-7-8-9-10-11-12-13-14-15-16-17-18-19-20-21-22-23-24(25)26/h12-23H,2-11H2,1H3,(H,25,26);3-4,6-7,9-10,12-13,15-16,18-19H,2,5,8,11,14,17,20-23H2,1H3,(H,25,26). The number of hydrogen-bond donors (Lipinski definition) is 2. The molecule has 0 aromatic rings. The highest BCUT2D eigenvalue weighted by molar-refractivity contribution is 5.80. The lowest BCUT2D eigenvalue weighted by atomic mass is 10.1. The van der Waals surface area contributed by atoms with Crippen molar-refractivity contribution in [1.82, 2.24) is 0 Å². The third-order valence-corrected chi connectivity index (χ3v) is 7.46. The van der Waals surface area contributed by atoms with E-state index < -0.39 is 11.9 Å². The van der Waals surface area contributed by atoms with Crippen LogP contribution in [0.15, 0.2) is 146 Å². The summed E-state index contributed by atoms with van der Waals surface area (Å²) < 4.78 is 0. The summed E-state index contributed by atoms with van der Waals surface area (Å²) in [5.74, 6) is -1.64. The van der Waals surface area contributed by atoms with E-state index >= 15 is 0 Å². The maximum Gasteiger partial charge on any atom is 0.328 e. The minimum absolute atomic E-state index is 0.280. The van der Waals surface area contributed by atoms with Crippen molar-refractivity contribution in [3.8, 4) is 0 Å². The van der Waals surface area contributed by atoms with Gasteiger partial charge in [0.1, 0.15) is 0 Å². The highest BCUT2D eigenvalue weighted by Gasteiger charge is 1.94. The number of hydrogen-bond acceptors (Lipinski definition) is 2. The van der Waals surface area contributed by atoms with Gasteiger partial charge in [0.25, 0.3) is 0 Å². The second-order valence-electron chi connectivity index (χ2n) is 12.3. The molecule has 4 nitrogen and oxygen atoms in total. The molecule has 0 fully saturated rings. The molecule has 2 N–H and O–H groups in total. The smallest absolute Gasteiger partial charge is 0.328 e. The zero-order chi connectivity index (χ0) is 38.3. The van der Waals surface area contributed by atoms with Gasteiger partial charge in [-0.1, -0.05) is 205 Å². The van der Waals surface area contributed by atoms with E-state index in [9.17, 15) is 9.59 Å². The van der Waals surface area contributed by atoms with E-state index in [0.29, 0.717) is 0 Å². The summed E-state index contributed by atoms with van der Waals surface area (Å²) in [7, 11) is 0. The molecule has 0 unspecified atom stereocenters. The fourth-order valence-corrected chi connectivity index (χ4v) is 4.58. The molecule has 0 atom stereocenters. The first-order chi connectivity index (χ1) is 25.5. The van der Waals surface area contributed by atoms with Crippen LogP contribution in [0.1, 0.15) is 142 Å². The van der Waals surface area contributed by atoms with Crippen LogP contribution in [-0.4, -0.2) is 22.2 Å². The largest absolute Gasteiger partial charge is 0.481 e. The maximum atomic E-state index is 10.4. The van der Waals surface area contributed by atoms with E-state index in [1.54, 1.807) is 12.2 Å². The average Bonchev–Trinajstić information content (AvgIpc) is 3.13. The van der Waals surface area contributed by atoms with Crippen LogP contribution in [0, 0.1) is 0 Å². The maximum absolute atomic E-state index is 10.4. The SMILES string of the molecule is CCC=CCC=CCC=CCC=CCC=CCC=CCCCCC(=O)O.CCCCCCCCCCCC=CC=CC=CC=CC=CC=CC(=O)O. The second kappa shape index (κ2) is 46.8. The van der Waals surface area contributed by atoms with Crippen LogP contribution in [0.3, 0.4) is 0 Å². The Balaban J connectivity index is 0. The van der Waals surface area contributed by atoms with Crippen LogP contribution < -0.4 is 0 Å². The van der Waals surface area contributed by atoms with E-state index in [-0.39, 0.29) is 6.42 Å². The molecule has 0 aromatic carbocycles. The number of carboxylic acids is 2. The lowest BCUT2D eigenvalue weighted by Crippen LogP contribution is -1.92. The number of aliphatic carboxylic acids is 2. The average molecular weight is 713 g/mol. The van der Waals surface area contributed by atoms with Crippen molar-refractivity contribution in [3.63, 3.8) is 0 Å². The Morgan fingerprint density at radius 3 is 1.19 bits per heavy atom. The summed E-state index contributed by atoms with van der Waals surface area (Å²) in [6.07, 6.45) is 71.0. The van der Waals surface area contributed by atoms with Crippen LogP contribution in [0.4, 0.5) is 0 Å². The summed E-state index contributed by atoms with van der Waals surface area (Å²) >= 11 is 0. The number of allylic oxidation sites excluding steroid dienone is 23. The molecule has 4 heteroatoms. The normalized spacial score (nSPS) is 13.0. The van der Waals surface area contributed by atoms with Gasteiger partial charge < -0.3 is 10.2 Å². The molecular weight excluding hydrogens is 641 g/mol. The molecule has 0 saturated heterocycles. The molecule has 0 bridgehead atoms. The Kier molecular flexibility index (Phi) is 45.0. The molecule has 52 heavy (non-hydrogen) atoms. The first kappa shape index (κ1) is 49.9. The van der Waals surface area contributed by atoms with Gasteiger partial charge in [0.2, 0.25) is 0 Å². The van der Waals surface area contributed by atoms with Crippen molar-refractivity contribution < 1.29 is 19.8 Å². The molecule has 0 aromatic heterocycles. The second-order valence-corrected chi connectivity index (χ2v) is 12.3. The lowest BCUT2D eigenvalue weighted by molar-refractivity contribution is -0.137. The number of rotatable bonds is 32. The minimum atomic E-state index is -0.936. The van der Waals surface area contributed by atoms with Gasteiger partial charge in [-0.2, -0.15) is 0 Å². The summed E-state index contributed by atoms with van der Waals surface area (Å²) in [5.41, 5.74) is 0. The van der Waals surface area contributed by atoms with Gasteiger partial charge in [0.05, 0.1) is 0 Å². The molecule has 0 amide bonds. The van der Waals surface area contributed by atoms with Crippen LogP contribution in [0.2, 0.25) is 0 Å². The van der Waals surface area contributed by atoms with Gasteiger partial charge in [0.15, 0.2) is 0 Å². The molecule has 0 heterocycles. The summed E-state index contributed by atoms with van der Waals surface area (Å²) in [5, 5.41) is 16.9. The molecular formula is C48H72O4. The zero-order valence-corrected chi connectivity index (χ0v) is 32.7. The van der Waals surface area contributed by atoms with Crippen molar-refractivity contribution in [2.24, 2.45) is 0 Å². The van der Waals surface area contributed by atoms with Crippen LogP contribution in [0.5, 0.6) is 0 Å². The first-order valence-corrected chi connectivity index (χ1v) is 19.9. The summed E-state index contributed by atoms with van der Waals surface area (Å²) in [6, 6.07) is 0. The fraction of sp³-hybridized carbons (Fsp3) is 0.458. The third-order valence-electron chi connectivity index (χ3n) is 7.46. The quantitative estimate of drug-likeness (QED) is 0.0315. The molecule has 0 radical (unpaired) electrons. The predicted molar refractivity (Wildman–Crippen MR) is 229 cm³/mol. The number of unbranched alkanes of at least 4 members (excludes halogenated alkanes) is 11. The summed E-state index contributed by atoms with van der Waals surface area (Å²) in [6.45, 7) is 4.42. The Labute approximate surface area is 319 Å². The van der Waals surface area contributed by atoms with Crippen molar-refractivity contribution in [3.05, 3.63) is 146 Å². The van der Waals surface area contributed by atoms with Crippen molar-refractivity contribution in [2.75, 3.05) is 0 Å². The van der Waals surface area contributed by atoms with Gasteiger partial charge in [0, 0.05) is 12.5 Å². The minimum Gasteiger partial charge on any atom is -0.481 e. The first-order valence-electron chi connectivity index (χ1n) is 19.9. The Morgan fingerprint density at radius 1 is 0.385 bits per heavy atom. The van der Waals surface area contributed by atoms with Gasteiger partial charge in [-0.25, -0.2) is 4.79 Å². The lowest BCUT2D eigenvalue weighted by Gasteiger charge is -2.00. The van der Waals surface area contributed by atoms with E-state index in [1.165, 1.54) is 70.3 Å². The molecule has 0 spiro atoms. The molecule has 0 aliphatic heterocycles. The summed E-state index contributed by atoms with van der Waals surface area (Å²) in [4.78, 5) is 20.6. The highest BCUT2D eigenvalue weighted by atomic mass is 16.4. The van der Waals surface area contributed by atoms with Crippen molar-refractivity contribution in [2.45, 2.75) is 142 Å². The van der Waals surface area contributed by atoms with Gasteiger partial charge in [-0.15, -0.1) is 0 Å². The molecule has 0 aliphatic rings. The highest BCUT2D eigenvalue weighted by Crippen LogP contribution is 2.10. The Hall–Kier alpha value is -4.18. The van der Waals surface area contributed by atoms with Crippen molar-refractivity contribution >= 4 is 11.9 Å². The fourth-order valence-electron chi connectivity index (χ4n) is 4.58. The number of carbonyl (C=O) groups is 2. The van der Waals surface area contributed by atoms with Crippen LogP contribution in [-0.2, 0) is 9.59 Å². The predicted octanol–water partition coefficient (Wildman–Crippen LogP) is 14.7. The molecule has 0 rings (SSSR count). The van der Waals surface area contributed by atoms with Gasteiger partial charge >= 0.3 is 11.9 Å². The van der Waals surface area contributed by atoms with Crippen molar-refractivity contribution in [1.29, 1.82) is 0 Å². The van der Waals surface area contributed by atoms with E-state index in [4.69, 9.17) is 10.2 Å². The third kappa shape index (κ3) is 52.6. The number of carboxylic acid groups (broad SMARTS) is 2. The monoisotopic (exact) mass is 713 g/mol. The topological polar surface area (TPSA) is 74.6 Å².